The fourth-order valence-corrected chi connectivity index (χ4v) is 9.32. The van der Waals surface area contributed by atoms with Gasteiger partial charge in [0.2, 0.25) is 11.9 Å². The summed E-state index contributed by atoms with van der Waals surface area (Å²) in [6, 6.07) is 21.3. The molecule has 2 saturated heterocycles. The average molecular weight is 936 g/mol. The number of carboxylic acid groups (broad SMARTS) is 2. The third kappa shape index (κ3) is 9.37. The quantitative estimate of drug-likeness (QED) is 0.0902. The van der Waals surface area contributed by atoms with Crippen LogP contribution < -0.4 is 25.4 Å². The molecule has 1 saturated carbocycles. The molecule has 2 atom stereocenters. The lowest BCUT2D eigenvalue weighted by molar-refractivity contribution is -0.120. The number of carbonyl (C=O) groups excluding carboxylic acids is 2. The molecule has 5 amide bonds. The van der Waals surface area contributed by atoms with Crippen LogP contribution in [0, 0.1) is 17.8 Å². The van der Waals surface area contributed by atoms with E-state index in [1.165, 1.54) is 30.7 Å². The Labute approximate surface area is 397 Å². The highest BCUT2D eigenvalue weighted by Crippen LogP contribution is 2.47. The number of fused-ring (bicyclic) bond motifs is 2. The summed E-state index contributed by atoms with van der Waals surface area (Å²) in [6.45, 7) is 1.21. The van der Waals surface area contributed by atoms with Crippen molar-refractivity contribution in [3.63, 3.8) is 0 Å². The number of aryl methyl sites for hydroxylation is 1. The van der Waals surface area contributed by atoms with Gasteiger partial charge in [0.1, 0.15) is 16.9 Å². The molecule has 6 aromatic rings. The summed E-state index contributed by atoms with van der Waals surface area (Å²) in [5.41, 5.74) is 3.53. The molecule has 9 rings (SSSR count). The molecule has 2 unspecified atom stereocenters. The van der Waals surface area contributed by atoms with Gasteiger partial charge in [0, 0.05) is 100 Å². The minimum absolute atomic E-state index is 0.0108. The number of pyridine rings is 1. The van der Waals surface area contributed by atoms with E-state index in [-0.39, 0.29) is 49.4 Å². The molecule has 3 fully saturated rings. The van der Waals surface area contributed by atoms with Gasteiger partial charge in [0.15, 0.2) is 0 Å². The van der Waals surface area contributed by atoms with E-state index in [1.807, 2.05) is 60.7 Å². The largest absolute Gasteiger partial charge is 0.495 e. The Bertz CT molecular complexity index is 3100. The number of nitrogens with one attached hydrogen (secondary N) is 2. The highest BCUT2D eigenvalue weighted by molar-refractivity contribution is 6.06. The molecule has 3 aliphatic rings. The predicted octanol–water partition coefficient (Wildman–Crippen LogP) is 6.60. The van der Waals surface area contributed by atoms with Crippen molar-refractivity contribution in [2.45, 2.75) is 56.3 Å². The standard InChI is InChI=1S/C51H53N9O9/c1-56-30-39(37-18-22-52-44(37)46(56)62)33-13-16-40-38(27-33)45(51(69-36-14-15-36,34-8-6-5-7-9-34)28-35(58(3)50(66)67)29-57(2)49(64)65)55-47(53-40)59-23-19-31(20-24-59)10-11-32-12-17-42(68-4)41(26-32)60-25-21-43(61)54-48(60)63/h5-9,12-13,16-18,22,26-27,30-31,35-36,52H,14-15,19-21,23-25,28-29H2,1-4H3,(H,64,65)(H,66,67)(H,54,61,63). The van der Waals surface area contributed by atoms with Crippen molar-refractivity contribution in [1.29, 1.82) is 0 Å². The van der Waals surface area contributed by atoms with E-state index in [1.54, 1.807) is 31.6 Å². The number of benzene rings is 3. The van der Waals surface area contributed by atoms with Gasteiger partial charge < -0.3 is 43.9 Å². The van der Waals surface area contributed by atoms with Gasteiger partial charge in [0.25, 0.3) is 5.56 Å². The molecule has 3 aromatic carbocycles. The molecule has 0 spiro atoms. The number of carbonyl (C=O) groups is 4. The van der Waals surface area contributed by atoms with Crippen LogP contribution in [0.15, 0.2) is 90.0 Å². The second kappa shape index (κ2) is 19.0. The second-order valence-electron chi connectivity index (χ2n) is 17.9. The van der Waals surface area contributed by atoms with Crippen LogP contribution in [0.25, 0.3) is 32.9 Å². The van der Waals surface area contributed by atoms with Crippen molar-refractivity contribution < 1.29 is 38.9 Å². The van der Waals surface area contributed by atoms with Gasteiger partial charge in [-0.25, -0.2) is 24.4 Å². The summed E-state index contributed by atoms with van der Waals surface area (Å²) in [5.74, 6) is 7.39. The van der Waals surface area contributed by atoms with Crippen LogP contribution in [0.3, 0.4) is 0 Å². The van der Waals surface area contributed by atoms with Gasteiger partial charge in [-0.1, -0.05) is 48.2 Å². The Morgan fingerprint density at radius 2 is 1.70 bits per heavy atom. The summed E-state index contributed by atoms with van der Waals surface area (Å²) in [4.78, 5) is 82.4. The molecule has 2 aliphatic heterocycles. The summed E-state index contributed by atoms with van der Waals surface area (Å²) in [7, 11) is 6.09. The van der Waals surface area contributed by atoms with Gasteiger partial charge in [-0.05, 0) is 73.2 Å². The summed E-state index contributed by atoms with van der Waals surface area (Å²) in [5, 5.41) is 24.2. The van der Waals surface area contributed by atoms with Crippen LogP contribution in [0.2, 0.25) is 0 Å². The normalized spacial score (nSPS) is 16.6. The molecule has 5 heterocycles. The molecule has 4 N–H and O–H groups in total. The number of aromatic nitrogens is 4. The first-order valence-corrected chi connectivity index (χ1v) is 22.9. The van der Waals surface area contributed by atoms with Crippen molar-refractivity contribution in [2.24, 2.45) is 13.0 Å². The lowest BCUT2D eigenvalue weighted by Gasteiger charge is -2.41. The number of likely N-dealkylation sites (N-methyl/N-ethyl adjacent to an activating group) is 2. The number of rotatable bonds is 13. The SMILES string of the molecule is COc1ccc(C#CC2CCN(c3nc(C(CC(CN(C)C(=O)O)N(C)C(=O)O)(OC4CC4)c4ccccc4)c4cc(-c5cn(C)c(=O)c6[nH]ccc56)ccc4n3)CC2)cc1N1CCC(=O)NC1=O. The van der Waals surface area contributed by atoms with Crippen molar-refractivity contribution in [3.05, 3.63) is 112 Å². The topological polar surface area (TPSA) is 216 Å². The van der Waals surface area contributed by atoms with Gasteiger partial charge >= 0.3 is 18.2 Å². The first kappa shape index (κ1) is 46.2. The van der Waals surface area contributed by atoms with Gasteiger partial charge in [-0.15, -0.1) is 0 Å². The number of hydrogen-bond acceptors (Lipinski definition) is 10. The zero-order chi connectivity index (χ0) is 48.6. The highest BCUT2D eigenvalue weighted by atomic mass is 16.5. The highest BCUT2D eigenvalue weighted by Gasteiger charge is 2.47. The molecule has 69 heavy (non-hydrogen) atoms. The molecular formula is C51H53N9O9. The minimum atomic E-state index is -1.41. The van der Waals surface area contributed by atoms with Crippen molar-refractivity contribution in [1.82, 2.24) is 34.6 Å². The average Bonchev–Trinajstić information content (AvgIpc) is 4.03. The molecule has 0 bridgehead atoms. The molecule has 3 aromatic heterocycles. The smallest absolute Gasteiger partial charge is 0.407 e. The minimum Gasteiger partial charge on any atom is -0.495 e. The maximum absolute atomic E-state index is 13.1. The third-order valence-corrected chi connectivity index (χ3v) is 13.3. The number of anilines is 2. The van der Waals surface area contributed by atoms with Crippen LogP contribution in [0.1, 0.15) is 55.3 Å². The van der Waals surface area contributed by atoms with E-state index in [2.05, 4.69) is 27.0 Å². The van der Waals surface area contributed by atoms with Gasteiger partial charge in [-0.2, -0.15) is 0 Å². The Morgan fingerprint density at radius 1 is 0.928 bits per heavy atom. The van der Waals surface area contributed by atoms with E-state index >= 15 is 0 Å². The molecule has 1 aliphatic carbocycles. The third-order valence-electron chi connectivity index (χ3n) is 13.3. The van der Waals surface area contributed by atoms with Crippen molar-refractivity contribution >= 4 is 57.6 Å². The number of methoxy groups -OCH3 is 1. The van der Waals surface area contributed by atoms with E-state index in [4.69, 9.17) is 19.4 Å². The van der Waals surface area contributed by atoms with E-state index in [9.17, 15) is 34.2 Å². The van der Waals surface area contributed by atoms with Crippen LogP contribution in [0.4, 0.5) is 26.0 Å². The summed E-state index contributed by atoms with van der Waals surface area (Å²) in [6.07, 6.45) is 4.04. The number of ether oxygens (including phenoxy) is 2. The van der Waals surface area contributed by atoms with E-state index in [0.29, 0.717) is 71.0 Å². The number of urea groups is 1. The predicted molar refractivity (Wildman–Crippen MR) is 259 cm³/mol. The van der Waals surface area contributed by atoms with E-state index < -0.39 is 29.9 Å². The lowest BCUT2D eigenvalue weighted by Crippen LogP contribution is -2.50. The first-order valence-electron chi connectivity index (χ1n) is 22.9. The Kier molecular flexibility index (Phi) is 12.7. The Morgan fingerprint density at radius 3 is 2.39 bits per heavy atom. The van der Waals surface area contributed by atoms with Crippen LogP contribution in [0.5, 0.6) is 5.75 Å². The number of amides is 5. The molecule has 18 nitrogen and oxygen atoms in total. The zero-order valence-electron chi connectivity index (χ0n) is 38.8. The van der Waals surface area contributed by atoms with Gasteiger partial charge in [-0.3, -0.25) is 19.8 Å². The van der Waals surface area contributed by atoms with E-state index in [0.717, 1.165) is 44.7 Å². The summed E-state index contributed by atoms with van der Waals surface area (Å²) >= 11 is 0. The molecule has 18 heteroatoms. The summed E-state index contributed by atoms with van der Waals surface area (Å²) < 4.78 is 14.4. The van der Waals surface area contributed by atoms with Crippen molar-refractivity contribution in [2.75, 3.05) is 57.2 Å². The van der Waals surface area contributed by atoms with Gasteiger partial charge in [0.05, 0.1) is 36.2 Å². The fourth-order valence-electron chi connectivity index (χ4n) is 9.32. The molecular weight excluding hydrogens is 883 g/mol. The number of H-pyrrole nitrogens is 1. The Balaban J connectivity index is 1.14. The van der Waals surface area contributed by atoms with Crippen molar-refractivity contribution in [3.8, 4) is 28.7 Å². The van der Waals surface area contributed by atoms with Crippen LogP contribution in [-0.4, -0.2) is 123 Å². The number of imide groups is 1. The number of nitrogens with zero attached hydrogens (tertiary/aromatic N) is 7. The maximum atomic E-state index is 13.1. The Hall–Kier alpha value is -7.91. The molecule has 356 valence electrons. The molecule has 0 radical (unpaired) electrons. The first-order chi connectivity index (χ1) is 33.2. The number of hydrogen-bond donors (Lipinski definition) is 4. The van der Waals surface area contributed by atoms with Crippen LogP contribution >= 0.6 is 0 Å². The maximum Gasteiger partial charge on any atom is 0.407 e. The monoisotopic (exact) mass is 935 g/mol. The fraction of sp³-hybridized carbons (Fsp3) is 0.353. The second-order valence-corrected chi connectivity index (χ2v) is 17.9. The van der Waals surface area contributed by atoms with Crippen LogP contribution in [-0.2, 0) is 22.2 Å². The number of aromatic amines is 1. The zero-order valence-corrected chi connectivity index (χ0v) is 38.8. The lowest BCUT2D eigenvalue weighted by atomic mass is 9.81. The number of piperidine rings is 1.